The maximum Gasteiger partial charge on any atom is 0.0357 e. The summed E-state index contributed by atoms with van der Waals surface area (Å²) in [5, 5.41) is 3.71. The maximum atomic E-state index is 3.71. The second-order valence-electron chi connectivity index (χ2n) is 6.69. The molecule has 2 nitrogen and oxygen atoms in total. The fourth-order valence-corrected chi connectivity index (χ4v) is 3.91. The van der Waals surface area contributed by atoms with Gasteiger partial charge in [0.15, 0.2) is 0 Å². The van der Waals surface area contributed by atoms with Crippen LogP contribution in [0.1, 0.15) is 56.7 Å². The Bertz CT molecular complexity index is 435. The van der Waals surface area contributed by atoms with Gasteiger partial charge in [0.1, 0.15) is 0 Å². The summed E-state index contributed by atoms with van der Waals surface area (Å²) in [6.45, 7) is 7.11. The molecular weight excluding hydrogens is 244 g/mol. The highest BCUT2D eigenvalue weighted by molar-refractivity contribution is 5.34. The van der Waals surface area contributed by atoms with Gasteiger partial charge in [-0.1, -0.05) is 30.7 Å². The van der Waals surface area contributed by atoms with Crippen LogP contribution in [0.4, 0.5) is 0 Å². The van der Waals surface area contributed by atoms with E-state index in [4.69, 9.17) is 0 Å². The average molecular weight is 272 g/mol. The Labute approximate surface area is 123 Å². The van der Waals surface area contributed by atoms with E-state index in [1.165, 1.54) is 45.2 Å². The second kappa shape index (κ2) is 6.28. The van der Waals surface area contributed by atoms with Crippen molar-refractivity contribution in [3.05, 3.63) is 35.4 Å². The monoisotopic (exact) mass is 272 g/mol. The number of rotatable bonds is 4. The van der Waals surface area contributed by atoms with Gasteiger partial charge in [-0.2, -0.15) is 0 Å². The molecule has 2 unspecified atom stereocenters. The Kier molecular flexibility index (Phi) is 4.42. The minimum Gasteiger partial charge on any atom is -0.313 e. The number of hydrogen-bond donors (Lipinski definition) is 1. The van der Waals surface area contributed by atoms with Crippen LogP contribution in [0.15, 0.2) is 24.3 Å². The molecule has 1 heterocycles. The van der Waals surface area contributed by atoms with Crippen molar-refractivity contribution >= 4 is 0 Å². The van der Waals surface area contributed by atoms with E-state index in [1.54, 1.807) is 11.1 Å². The average Bonchev–Trinajstić information content (AvgIpc) is 2.89. The summed E-state index contributed by atoms with van der Waals surface area (Å²) in [6.07, 6.45) is 6.64. The molecule has 2 aliphatic rings. The molecule has 1 N–H and O–H groups in total. The van der Waals surface area contributed by atoms with Gasteiger partial charge in [0, 0.05) is 24.7 Å². The van der Waals surface area contributed by atoms with Gasteiger partial charge < -0.3 is 5.32 Å². The van der Waals surface area contributed by atoms with Crippen molar-refractivity contribution in [3.63, 3.8) is 0 Å². The first-order valence-electron chi connectivity index (χ1n) is 8.32. The molecular formula is C18H28N2. The molecule has 2 heteroatoms. The minimum absolute atomic E-state index is 0.620. The van der Waals surface area contributed by atoms with E-state index in [0.717, 1.165) is 0 Å². The number of aryl methyl sites for hydroxylation is 1. The van der Waals surface area contributed by atoms with Crippen LogP contribution in [-0.2, 0) is 6.42 Å². The second-order valence-corrected chi connectivity index (χ2v) is 6.69. The number of fused-ring (bicyclic) bond motifs is 1. The third-order valence-corrected chi connectivity index (χ3v) is 5.01. The molecule has 1 saturated heterocycles. The van der Waals surface area contributed by atoms with Gasteiger partial charge in [-0.25, -0.2) is 0 Å². The number of nitrogens with zero attached hydrogens (tertiary/aromatic N) is 1. The smallest absolute Gasteiger partial charge is 0.0357 e. The lowest BCUT2D eigenvalue weighted by Crippen LogP contribution is -2.46. The van der Waals surface area contributed by atoms with Gasteiger partial charge in [0.05, 0.1) is 0 Å². The van der Waals surface area contributed by atoms with Gasteiger partial charge in [0.2, 0.25) is 0 Å². The zero-order valence-electron chi connectivity index (χ0n) is 12.9. The molecule has 0 radical (unpaired) electrons. The Morgan fingerprint density at radius 2 is 2.05 bits per heavy atom. The van der Waals surface area contributed by atoms with Crippen LogP contribution in [-0.4, -0.2) is 30.1 Å². The molecule has 1 aliphatic heterocycles. The van der Waals surface area contributed by atoms with Crippen LogP contribution >= 0.6 is 0 Å². The standard InChI is InChI=1S/C18H28N2/c1-14(2)20(13-16-8-5-6-12-19-16)18-11-10-15-7-3-4-9-17(15)18/h3-4,7,9,14,16,18-19H,5-6,8,10-13H2,1-2H3. The van der Waals surface area contributed by atoms with Crippen molar-refractivity contribution in [2.75, 3.05) is 13.1 Å². The first-order valence-corrected chi connectivity index (χ1v) is 8.32. The van der Waals surface area contributed by atoms with Crippen molar-refractivity contribution in [2.45, 2.75) is 64.1 Å². The summed E-state index contributed by atoms with van der Waals surface area (Å²) < 4.78 is 0. The van der Waals surface area contributed by atoms with E-state index in [0.29, 0.717) is 18.1 Å². The van der Waals surface area contributed by atoms with Crippen molar-refractivity contribution in [1.29, 1.82) is 0 Å². The van der Waals surface area contributed by atoms with Gasteiger partial charge in [0.25, 0.3) is 0 Å². The molecule has 1 aromatic rings. The molecule has 0 saturated carbocycles. The van der Waals surface area contributed by atoms with Gasteiger partial charge in [-0.15, -0.1) is 0 Å². The Hall–Kier alpha value is -0.860. The van der Waals surface area contributed by atoms with Gasteiger partial charge in [-0.05, 0) is 57.2 Å². The molecule has 20 heavy (non-hydrogen) atoms. The summed E-state index contributed by atoms with van der Waals surface area (Å²) in [4.78, 5) is 2.73. The first-order chi connectivity index (χ1) is 9.75. The third-order valence-electron chi connectivity index (χ3n) is 5.01. The summed E-state index contributed by atoms with van der Waals surface area (Å²) >= 11 is 0. The Morgan fingerprint density at radius 3 is 2.80 bits per heavy atom. The lowest BCUT2D eigenvalue weighted by Gasteiger charge is -2.37. The third kappa shape index (κ3) is 2.91. The van der Waals surface area contributed by atoms with E-state index < -0.39 is 0 Å². The predicted molar refractivity (Wildman–Crippen MR) is 85.0 cm³/mol. The van der Waals surface area contributed by atoms with E-state index in [1.807, 2.05) is 0 Å². The molecule has 0 amide bonds. The molecule has 0 aromatic heterocycles. The molecule has 2 atom stereocenters. The normalized spacial score (nSPS) is 26.2. The minimum atomic E-state index is 0.620. The van der Waals surface area contributed by atoms with E-state index in [9.17, 15) is 0 Å². The largest absolute Gasteiger partial charge is 0.313 e. The highest BCUT2D eigenvalue weighted by Gasteiger charge is 2.30. The maximum absolute atomic E-state index is 3.71. The summed E-state index contributed by atoms with van der Waals surface area (Å²) in [5.41, 5.74) is 3.15. The summed E-state index contributed by atoms with van der Waals surface area (Å²) in [7, 11) is 0. The molecule has 1 aromatic carbocycles. The fraction of sp³-hybridized carbons (Fsp3) is 0.667. The lowest BCUT2D eigenvalue weighted by atomic mass is 10.0. The van der Waals surface area contributed by atoms with E-state index in [-0.39, 0.29) is 0 Å². The predicted octanol–water partition coefficient (Wildman–Crippen LogP) is 3.53. The molecule has 0 spiro atoms. The summed E-state index contributed by atoms with van der Waals surface area (Å²) in [6, 6.07) is 11.0. The number of nitrogens with one attached hydrogen (secondary N) is 1. The van der Waals surface area contributed by atoms with Crippen LogP contribution in [0, 0.1) is 0 Å². The van der Waals surface area contributed by atoms with Crippen molar-refractivity contribution in [3.8, 4) is 0 Å². The fourth-order valence-electron chi connectivity index (χ4n) is 3.91. The SMILES string of the molecule is CC(C)N(CC1CCCCN1)C1CCc2ccccc21. The number of hydrogen-bond acceptors (Lipinski definition) is 2. The van der Waals surface area contributed by atoms with Crippen LogP contribution in [0.25, 0.3) is 0 Å². The molecule has 3 rings (SSSR count). The molecule has 110 valence electrons. The quantitative estimate of drug-likeness (QED) is 0.902. The van der Waals surface area contributed by atoms with Crippen LogP contribution < -0.4 is 5.32 Å². The molecule has 1 fully saturated rings. The number of benzene rings is 1. The van der Waals surface area contributed by atoms with Crippen LogP contribution in [0.2, 0.25) is 0 Å². The van der Waals surface area contributed by atoms with Crippen molar-refractivity contribution in [1.82, 2.24) is 10.2 Å². The zero-order chi connectivity index (χ0) is 13.9. The molecule has 0 bridgehead atoms. The lowest BCUT2D eigenvalue weighted by molar-refractivity contribution is 0.128. The van der Waals surface area contributed by atoms with E-state index in [2.05, 4.69) is 48.3 Å². The van der Waals surface area contributed by atoms with Crippen molar-refractivity contribution in [2.24, 2.45) is 0 Å². The van der Waals surface area contributed by atoms with Gasteiger partial charge >= 0.3 is 0 Å². The summed E-state index contributed by atoms with van der Waals surface area (Å²) in [5.74, 6) is 0. The highest BCUT2D eigenvalue weighted by atomic mass is 15.2. The van der Waals surface area contributed by atoms with Crippen LogP contribution in [0.3, 0.4) is 0 Å². The van der Waals surface area contributed by atoms with E-state index >= 15 is 0 Å². The number of piperidine rings is 1. The highest BCUT2D eigenvalue weighted by Crippen LogP contribution is 2.36. The van der Waals surface area contributed by atoms with Gasteiger partial charge in [-0.3, -0.25) is 4.90 Å². The molecule has 1 aliphatic carbocycles. The first kappa shape index (κ1) is 14.1. The zero-order valence-corrected chi connectivity index (χ0v) is 12.9. The van der Waals surface area contributed by atoms with Crippen molar-refractivity contribution < 1.29 is 0 Å². The topological polar surface area (TPSA) is 15.3 Å². The Morgan fingerprint density at radius 1 is 1.20 bits per heavy atom. The van der Waals surface area contributed by atoms with Crippen LogP contribution in [0.5, 0.6) is 0 Å². The Balaban J connectivity index is 1.74.